The predicted molar refractivity (Wildman–Crippen MR) is 188 cm³/mol. The van der Waals surface area contributed by atoms with Crippen LogP contribution >= 0.6 is 0 Å². The van der Waals surface area contributed by atoms with Gasteiger partial charge in [-0.2, -0.15) is 0 Å². The summed E-state index contributed by atoms with van der Waals surface area (Å²) in [4.78, 5) is 10.4. The first-order valence-electron chi connectivity index (χ1n) is 15.8. The number of hydrogen-bond donors (Lipinski definition) is 0. The Balaban J connectivity index is 1.38. The first-order valence-corrected chi connectivity index (χ1v) is 15.8. The molecule has 224 valence electrons. The molecule has 1 saturated heterocycles. The molecule has 0 bridgehead atoms. The van der Waals surface area contributed by atoms with Crippen LogP contribution in [0.3, 0.4) is 0 Å². The summed E-state index contributed by atoms with van der Waals surface area (Å²) < 4.78 is 15.1. The zero-order valence-electron chi connectivity index (χ0n) is 26.4. The summed E-state index contributed by atoms with van der Waals surface area (Å²) in [5, 5.41) is 2.21. The van der Waals surface area contributed by atoms with Crippen LogP contribution in [0.4, 0.5) is 0 Å². The third kappa shape index (κ3) is 4.82. The van der Waals surface area contributed by atoms with Crippen LogP contribution in [0.15, 0.2) is 133 Å². The average molecular weight is 600 g/mol. The van der Waals surface area contributed by atoms with Gasteiger partial charge in [0, 0.05) is 21.9 Å². The van der Waals surface area contributed by atoms with Crippen molar-refractivity contribution in [3.63, 3.8) is 0 Å². The third-order valence-corrected chi connectivity index (χ3v) is 9.48. The highest BCUT2D eigenvalue weighted by Gasteiger charge is 2.51. The molecular weight excluding hydrogens is 565 g/mol. The Labute approximate surface area is 269 Å². The molecule has 0 unspecified atom stereocenters. The van der Waals surface area contributed by atoms with Crippen LogP contribution in [0.1, 0.15) is 27.7 Å². The van der Waals surface area contributed by atoms with Crippen molar-refractivity contribution in [1.82, 2.24) is 14.5 Å². The van der Waals surface area contributed by atoms with E-state index in [1.165, 1.54) is 5.56 Å². The molecule has 8 rings (SSSR count). The van der Waals surface area contributed by atoms with E-state index in [0.29, 0.717) is 5.95 Å². The van der Waals surface area contributed by atoms with E-state index >= 15 is 0 Å². The van der Waals surface area contributed by atoms with E-state index < -0.39 is 18.3 Å². The molecule has 0 radical (unpaired) electrons. The second-order valence-corrected chi connectivity index (χ2v) is 13.0. The topological polar surface area (TPSA) is 49.2 Å². The summed E-state index contributed by atoms with van der Waals surface area (Å²) in [6, 6.07) is 46.3. The SMILES string of the molecule is CC1(C)OB(c2ccc3c(c2)c2cc(-c4ccccc4)ccc2n3-c2nc(-c3ccccc3)cc(-c3ccccc3)n2)OC1(C)C. The second-order valence-electron chi connectivity index (χ2n) is 13.0. The zero-order chi connectivity index (χ0) is 31.5. The van der Waals surface area contributed by atoms with E-state index in [4.69, 9.17) is 19.3 Å². The maximum absolute atomic E-state index is 6.47. The van der Waals surface area contributed by atoms with Crippen molar-refractivity contribution in [2.24, 2.45) is 0 Å². The van der Waals surface area contributed by atoms with Crippen molar-refractivity contribution < 1.29 is 9.31 Å². The highest BCUT2D eigenvalue weighted by Crippen LogP contribution is 2.38. The van der Waals surface area contributed by atoms with Crippen LogP contribution in [-0.4, -0.2) is 32.9 Å². The number of benzene rings is 5. The molecule has 1 aliphatic heterocycles. The molecular formula is C40H34BN3O2. The molecule has 3 heterocycles. The Kier molecular flexibility index (Phi) is 6.68. The van der Waals surface area contributed by atoms with Gasteiger partial charge in [-0.3, -0.25) is 4.57 Å². The molecule has 5 nitrogen and oxygen atoms in total. The first-order chi connectivity index (χ1) is 22.3. The summed E-state index contributed by atoms with van der Waals surface area (Å²) in [5.74, 6) is 0.621. The van der Waals surface area contributed by atoms with Gasteiger partial charge in [-0.1, -0.05) is 109 Å². The van der Waals surface area contributed by atoms with Crippen molar-refractivity contribution in [3.05, 3.63) is 133 Å². The lowest BCUT2D eigenvalue weighted by Crippen LogP contribution is -2.41. The Morgan fingerprint density at radius 3 is 1.52 bits per heavy atom. The van der Waals surface area contributed by atoms with Crippen LogP contribution in [-0.2, 0) is 9.31 Å². The van der Waals surface area contributed by atoms with E-state index in [-0.39, 0.29) is 0 Å². The molecule has 7 aromatic rings. The molecule has 5 aromatic carbocycles. The quantitative estimate of drug-likeness (QED) is 0.186. The van der Waals surface area contributed by atoms with Gasteiger partial charge in [0.15, 0.2) is 0 Å². The third-order valence-electron chi connectivity index (χ3n) is 9.48. The van der Waals surface area contributed by atoms with E-state index in [1.54, 1.807) is 0 Å². The summed E-state index contributed by atoms with van der Waals surface area (Å²) in [5.41, 5.74) is 8.31. The van der Waals surface area contributed by atoms with Gasteiger partial charge in [0.2, 0.25) is 5.95 Å². The summed E-state index contributed by atoms with van der Waals surface area (Å²) in [6.07, 6.45) is 0. The second kappa shape index (κ2) is 10.8. The summed E-state index contributed by atoms with van der Waals surface area (Å²) >= 11 is 0. The van der Waals surface area contributed by atoms with Crippen LogP contribution < -0.4 is 5.46 Å². The van der Waals surface area contributed by atoms with Crippen molar-refractivity contribution in [2.75, 3.05) is 0 Å². The highest BCUT2D eigenvalue weighted by molar-refractivity contribution is 6.62. The monoisotopic (exact) mass is 599 g/mol. The molecule has 2 aromatic heterocycles. The van der Waals surface area contributed by atoms with E-state index in [2.05, 4.69) is 123 Å². The maximum atomic E-state index is 6.47. The Hall–Kier alpha value is -5.04. The Bertz CT molecular complexity index is 2140. The fourth-order valence-electron chi connectivity index (χ4n) is 6.24. The first kappa shape index (κ1) is 28.4. The van der Waals surface area contributed by atoms with Gasteiger partial charge in [0.25, 0.3) is 0 Å². The van der Waals surface area contributed by atoms with Gasteiger partial charge < -0.3 is 9.31 Å². The Morgan fingerprint density at radius 1 is 0.500 bits per heavy atom. The zero-order valence-corrected chi connectivity index (χ0v) is 26.4. The lowest BCUT2D eigenvalue weighted by atomic mass is 9.78. The normalized spacial score (nSPS) is 15.5. The number of nitrogens with zero attached hydrogens (tertiary/aromatic N) is 3. The molecule has 1 aliphatic rings. The number of aromatic nitrogens is 3. The van der Waals surface area contributed by atoms with Crippen LogP contribution in [0.5, 0.6) is 0 Å². The molecule has 0 saturated carbocycles. The molecule has 0 spiro atoms. The molecule has 0 N–H and O–H groups in total. The number of hydrogen-bond acceptors (Lipinski definition) is 4. The molecule has 0 amide bonds. The molecule has 6 heteroatoms. The van der Waals surface area contributed by atoms with E-state index in [9.17, 15) is 0 Å². The minimum atomic E-state index is -0.465. The van der Waals surface area contributed by atoms with Crippen molar-refractivity contribution in [2.45, 2.75) is 38.9 Å². The largest absolute Gasteiger partial charge is 0.494 e. The summed E-state index contributed by atoms with van der Waals surface area (Å²) in [6.45, 7) is 8.35. The average Bonchev–Trinajstić information content (AvgIpc) is 3.53. The fourth-order valence-corrected chi connectivity index (χ4v) is 6.24. The lowest BCUT2D eigenvalue weighted by molar-refractivity contribution is 0.00578. The number of rotatable bonds is 5. The van der Waals surface area contributed by atoms with Gasteiger partial charge in [-0.25, -0.2) is 9.97 Å². The Morgan fingerprint density at radius 2 is 0.978 bits per heavy atom. The predicted octanol–water partition coefficient (Wildman–Crippen LogP) is 8.87. The fraction of sp³-hybridized carbons (Fsp3) is 0.150. The highest BCUT2D eigenvalue weighted by atomic mass is 16.7. The van der Waals surface area contributed by atoms with Gasteiger partial charge in [-0.05, 0) is 68.6 Å². The molecule has 1 fully saturated rings. The van der Waals surface area contributed by atoms with E-state index in [0.717, 1.165) is 55.3 Å². The molecule has 0 atom stereocenters. The van der Waals surface area contributed by atoms with Crippen molar-refractivity contribution >= 4 is 34.4 Å². The standard InChI is InChI=1S/C40H34BN3O2/c1-39(2)40(3,4)46-41(45-39)31-21-23-37-33(25-31)32-24-30(27-14-8-5-9-15-27)20-22-36(32)44(37)38-42-34(28-16-10-6-11-17-28)26-35(43-38)29-18-12-7-13-19-29/h5-26H,1-4H3. The minimum Gasteiger partial charge on any atom is -0.399 e. The van der Waals surface area contributed by atoms with Gasteiger partial charge in [0.1, 0.15) is 0 Å². The van der Waals surface area contributed by atoms with Gasteiger partial charge >= 0.3 is 7.12 Å². The van der Waals surface area contributed by atoms with Crippen molar-refractivity contribution in [1.29, 1.82) is 0 Å². The smallest absolute Gasteiger partial charge is 0.399 e. The van der Waals surface area contributed by atoms with Crippen LogP contribution in [0.2, 0.25) is 0 Å². The van der Waals surface area contributed by atoms with Crippen LogP contribution in [0.25, 0.3) is 61.4 Å². The molecule has 46 heavy (non-hydrogen) atoms. The van der Waals surface area contributed by atoms with Gasteiger partial charge in [-0.15, -0.1) is 0 Å². The van der Waals surface area contributed by atoms with E-state index in [1.807, 2.05) is 42.5 Å². The van der Waals surface area contributed by atoms with Gasteiger partial charge in [0.05, 0.1) is 33.6 Å². The molecule has 0 aliphatic carbocycles. The van der Waals surface area contributed by atoms with Crippen LogP contribution in [0, 0.1) is 0 Å². The minimum absolute atomic E-state index is 0.430. The lowest BCUT2D eigenvalue weighted by Gasteiger charge is -2.32. The van der Waals surface area contributed by atoms with Crippen molar-refractivity contribution in [3.8, 4) is 39.6 Å². The number of fused-ring (bicyclic) bond motifs is 3. The summed E-state index contributed by atoms with van der Waals surface area (Å²) in [7, 11) is -0.465. The maximum Gasteiger partial charge on any atom is 0.494 e.